The molecule has 0 aromatic heterocycles. The molecule has 0 radical (unpaired) electrons. The molecule has 1 aliphatic heterocycles. The highest BCUT2D eigenvalue weighted by Crippen LogP contribution is 2.33. The fraction of sp³-hybridized carbons (Fsp3) is 0.154. The Balaban J connectivity index is 2.21. The van der Waals surface area contributed by atoms with Gasteiger partial charge >= 0.3 is 5.97 Å². The van der Waals surface area contributed by atoms with E-state index >= 15 is 0 Å². The summed E-state index contributed by atoms with van der Waals surface area (Å²) >= 11 is 5.95. The Bertz CT molecular complexity index is 661. The second-order valence-corrected chi connectivity index (χ2v) is 5.82. The number of carboxylic acids is 1. The minimum absolute atomic E-state index is 0.0385. The molecule has 110 valence electrons. The third kappa shape index (κ3) is 3.64. The lowest BCUT2D eigenvalue weighted by Crippen LogP contribution is -2.30. The fourth-order valence-corrected chi connectivity index (χ4v) is 2.96. The maximum absolute atomic E-state index is 13.5. The number of rotatable bonds is 4. The van der Waals surface area contributed by atoms with Crippen molar-refractivity contribution in [1.82, 2.24) is 4.90 Å². The van der Waals surface area contributed by atoms with Crippen LogP contribution in [0, 0.1) is 11.6 Å². The van der Waals surface area contributed by atoms with E-state index in [0.29, 0.717) is 0 Å². The Labute approximate surface area is 128 Å². The van der Waals surface area contributed by atoms with Crippen molar-refractivity contribution >= 4 is 46.3 Å². The molecule has 0 saturated carbocycles. The van der Waals surface area contributed by atoms with Crippen molar-refractivity contribution in [2.75, 3.05) is 6.54 Å². The Hall–Kier alpha value is -1.80. The number of amides is 1. The fourth-order valence-electron chi connectivity index (χ4n) is 1.66. The summed E-state index contributed by atoms with van der Waals surface area (Å²) in [6.45, 7) is -0.0385. The minimum atomic E-state index is -1.04. The van der Waals surface area contributed by atoms with Gasteiger partial charge in [-0.3, -0.25) is 14.5 Å². The van der Waals surface area contributed by atoms with Crippen molar-refractivity contribution in [1.29, 1.82) is 0 Å². The van der Waals surface area contributed by atoms with Gasteiger partial charge in [-0.05, 0) is 18.2 Å². The maximum atomic E-state index is 13.5. The third-order valence-corrected chi connectivity index (χ3v) is 4.05. The molecule has 4 nitrogen and oxygen atoms in total. The van der Waals surface area contributed by atoms with Gasteiger partial charge in [-0.25, -0.2) is 8.78 Å². The van der Waals surface area contributed by atoms with Gasteiger partial charge in [0.05, 0.1) is 11.3 Å². The first-order valence-electron chi connectivity index (χ1n) is 5.80. The number of carbonyl (C=O) groups excluding carboxylic acids is 1. The largest absolute Gasteiger partial charge is 0.481 e. The highest BCUT2D eigenvalue weighted by Gasteiger charge is 2.32. The Kier molecular flexibility index (Phi) is 4.69. The molecular weight excluding hydrogens is 320 g/mol. The predicted molar refractivity (Wildman–Crippen MR) is 78.5 cm³/mol. The number of nitrogens with zero attached hydrogens (tertiary/aromatic N) is 1. The zero-order chi connectivity index (χ0) is 15.6. The average molecular weight is 329 g/mol. The van der Waals surface area contributed by atoms with Crippen LogP contribution in [0.3, 0.4) is 0 Å². The van der Waals surface area contributed by atoms with Gasteiger partial charge < -0.3 is 5.11 Å². The van der Waals surface area contributed by atoms with Gasteiger partial charge in [0.1, 0.15) is 16.0 Å². The zero-order valence-electron chi connectivity index (χ0n) is 10.5. The quantitative estimate of drug-likeness (QED) is 0.680. The van der Waals surface area contributed by atoms with E-state index in [-0.39, 0.29) is 27.8 Å². The lowest BCUT2D eigenvalue weighted by molar-refractivity contribution is -0.137. The number of thioether (sulfide) groups is 1. The number of benzene rings is 1. The lowest BCUT2D eigenvalue weighted by atomic mass is 10.2. The average Bonchev–Trinajstić information content (AvgIpc) is 2.65. The highest BCUT2D eigenvalue weighted by atomic mass is 32.2. The summed E-state index contributed by atoms with van der Waals surface area (Å²) in [5, 5.41) is 8.62. The summed E-state index contributed by atoms with van der Waals surface area (Å²) in [5.74, 6) is -3.02. The van der Waals surface area contributed by atoms with Crippen molar-refractivity contribution in [3.05, 3.63) is 40.3 Å². The number of halogens is 2. The molecule has 0 unspecified atom stereocenters. The molecule has 1 N–H and O–H groups in total. The van der Waals surface area contributed by atoms with Crippen molar-refractivity contribution in [2.45, 2.75) is 6.42 Å². The lowest BCUT2D eigenvalue weighted by Gasteiger charge is -2.12. The van der Waals surface area contributed by atoms with Crippen LogP contribution in [0.1, 0.15) is 12.0 Å². The molecule has 21 heavy (non-hydrogen) atoms. The van der Waals surface area contributed by atoms with Gasteiger partial charge in [0.15, 0.2) is 0 Å². The van der Waals surface area contributed by atoms with Gasteiger partial charge in [-0.1, -0.05) is 24.0 Å². The number of aliphatic carboxylic acids is 1. The molecule has 0 atom stereocenters. The topological polar surface area (TPSA) is 57.6 Å². The van der Waals surface area contributed by atoms with Crippen molar-refractivity contribution in [2.24, 2.45) is 0 Å². The van der Waals surface area contributed by atoms with Crippen molar-refractivity contribution in [3.8, 4) is 0 Å². The first-order valence-corrected chi connectivity index (χ1v) is 7.03. The maximum Gasteiger partial charge on any atom is 0.305 e. The van der Waals surface area contributed by atoms with Gasteiger partial charge in [-0.2, -0.15) is 0 Å². The van der Waals surface area contributed by atoms with Crippen LogP contribution < -0.4 is 0 Å². The van der Waals surface area contributed by atoms with E-state index in [1.54, 1.807) is 0 Å². The van der Waals surface area contributed by atoms with E-state index in [2.05, 4.69) is 0 Å². The molecular formula is C13H9F2NO3S2. The summed E-state index contributed by atoms with van der Waals surface area (Å²) < 4.78 is 26.6. The third-order valence-electron chi connectivity index (χ3n) is 2.67. The first-order chi connectivity index (χ1) is 9.88. The first kappa shape index (κ1) is 15.6. The van der Waals surface area contributed by atoms with Crippen molar-refractivity contribution < 1.29 is 23.5 Å². The normalized spacial score (nSPS) is 16.9. The van der Waals surface area contributed by atoms with Crippen LogP contribution in [-0.4, -0.2) is 32.7 Å². The molecule has 2 rings (SSSR count). The summed E-state index contributed by atoms with van der Waals surface area (Å²) in [7, 11) is 0. The van der Waals surface area contributed by atoms with E-state index in [1.165, 1.54) is 12.1 Å². The van der Waals surface area contributed by atoms with E-state index in [4.69, 9.17) is 17.3 Å². The Morgan fingerprint density at radius 1 is 1.43 bits per heavy atom. The number of thiocarbonyl (C=S) groups is 1. The van der Waals surface area contributed by atoms with Crippen LogP contribution in [0.4, 0.5) is 8.78 Å². The molecule has 1 aromatic rings. The highest BCUT2D eigenvalue weighted by molar-refractivity contribution is 8.26. The molecule has 0 bridgehead atoms. The number of carboxylic acid groups (broad SMARTS) is 1. The Morgan fingerprint density at radius 2 is 2.14 bits per heavy atom. The van der Waals surface area contributed by atoms with E-state index in [1.807, 2.05) is 0 Å². The second-order valence-electron chi connectivity index (χ2n) is 4.14. The van der Waals surface area contributed by atoms with Crippen LogP contribution in [0.2, 0.25) is 0 Å². The smallest absolute Gasteiger partial charge is 0.305 e. The van der Waals surface area contributed by atoms with Gasteiger partial charge in [0.2, 0.25) is 0 Å². The molecule has 8 heteroatoms. The zero-order valence-corrected chi connectivity index (χ0v) is 12.1. The van der Waals surface area contributed by atoms with Crippen LogP contribution >= 0.6 is 24.0 Å². The summed E-state index contributed by atoms with van der Waals surface area (Å²) in [4.78, 5) is 23.9. The van der Waals surface area contributed by atoms with Crippen LogP contribution in [-0.2, 0) is 9.59 Å². The van der Waals surface area contributed by atoms with Crippen LogP contribution in [0.15, 0.2) is 23.1 Å². The standard InChI is InChI=1S/C13H9F2NO3S2/c14-8-2-1-7(9(15)6-8)5-10-12(19)16(13(20)21-10)4-3-11(17)18/h1-2,5-6H,3-4H2,(H,17,18)/b10-5-. The molecule has 1 amide bonds. The molecule has 0 aliphatic carbocycles. The molecule has 1 heterocycles. The molecule has 1 aliphatic rings. The summed E-state index contributed by atoms with van der Waals surface area (Å²) in [5.41, 5.74) is 0.0649. The predicted octanol–water partition coefficient (Wildman–Crippen LogP) is 2.64. The van der Waals surface area contributed by atoms with Crippen LogP contribution in [0.25, 0.3) is 6.08 Å². The Morgan fingerprint density at radius 3 is 2.76 bits per heavy atom. The SMILES string of the molecule is O=C(O)CCN1C(=O)/C(=C/c2ccc(F)cc2F)SC1=S. The molecule has 0 spiro atoms. The van der Waals surface area contributed by atoms with Gasteiger partial charge in [-0.15, -0.1) is 0 Å². The van der Waals surface area contributed by atoms with E-state index < -0.39 is 23.5 Å². The monoisotopic (exact) mass is 329 g/mol. The number of carbonyl (C=O) groups is 2. The summed E-state index contributed by atoms with van der Waals surface area (Å²) in [6, 6.07) is 3.02. The van der Waals surface area contributed by atoms with E-state index in [0.717, 1.165) is 28.8 Å². The van der Waals surface area contributed by atoms with Gasteiger partial charge in [0, 0.05) is 18.2 Å². The number of hydrogen-bond donors (Lipinski definition) is 1. The van der Waals surface area contributed by atoms with Crippen molar-refractivity contribution in [3.63, 3.8) is 0 Å². The molecule has 1 fully saturated rings. The van der Waals surface area contributed by atoms with Crippen LogP contribution in [0.5, 0.6) is 0 Å². The number of hydrogen-bond acceptors (Lipinski definition) is 4. The molecule has 1 aromatic carbocycles. The second kappa shape index (κ2) is 6.31. The summed E-state index contributed by atoms with van der Waals surface area (Å²) in [6.07, 6.45) is 1.04. The van der Waals surface area contributed by atoms with Gasteiger partial charge in [0.25, 0.3) is 5.91 Å². The minimum Gasteiger partial charge on any atom is -0.481 e. The van der Waals surface area contributed by atoms with E-state index in [9.17, 15) is 18.4 Å². The molecule has 1 saturated heterocycles.